The zero-order valence-electron chi connectivity index (χ0n) is 16.7. The van der Waals surface area contributed by atoms with E-state index in [1.807, 2.05) is 6.33 Å². The van der Waals surface area contributed by atoms with Crippen LogP contribution >= 0.6 is 0 Å². The molecule has 1 fully saturated rings. The van der Waals surface area contributed by atoms with E-state index in [0.29, 0.717) is 18.3 Å². The molecule has 0 amide bonds. The summed E-state index contributed by atoms with van der Waals surface area (Å²) < 4.78 is 2.25. The van der Waals surface area contributed by atoms with Gasteiger partial charge < -0.3 is 4.57 Å². The van der Waals surface area contributed by atoms with Crippen LogP contribution in [0.1, 0.15) is 41.1 Å². The van der Waals surface area contributed by atoms with Crippen LogP contribution in [0.25, 0.3) is 0 Å². The summed E-state index contributed by atoms with van der Waals surface area (Å²) in [5.74, 6) is 0.837. The van der Waals surface area contributed by atoms with Gasteiger partial charge in [-0.2, -0.15) is 5.26 Å². The lowest BCUT2D eigenvalue weighted by Gasteiger charge is -2.37. The SMILES string of the molecule is N#CCC1CC1c1cn(C(c2ccccc2)(c2ccccc2)c2ccccc2)cn1. The number of aromatic nitrogens is 2. The fourth-order valence-electron chi connectivity index (χ4n) is 4.65. The topological polar surface area (TPSA) is 41.6 Å². The van der Waals surface area contributed by atoms with Gasteiger partial charge in [0, 0.05) is 18.5 Å². The Hall–Kier alpha value is -3.64. The highest BCUT2D eigenvalue weighted by atomic mass is 15.1. The summed E-state index contributed by atoms with van der Waals surface area (Å²) in [6.45, 7) is 0. The number of rotatable bonds is 6. The summed E-state index contributed by atoms with van der Waals surface area (Å²) in [6, 6.07) is 34.2. The Morgan fingerprint density at radius 3 is 1.80 bits per heavy atom. The normalized spacial score (nSPS) is 18.0. The summed E-state index contributed by atoms with van der Waals surface area (Å²) in [6.07, 6.45) is 5.82. The number of nitrogens with zero attached hydrogens (tertiary/aromatic N) is 3. The minimum atomic E-state index is -0.519. The first-order valence-corrected chi connectivity index (χ1v) is 10.4. The highest BCUT2D eigenvalue weighted by Crippen LogP contribution is 2.49. The Labute approximate surface area is 177 Å². The molecular weight excluding hydrogens is 366 g/mol. The van der Waals surface area contributed by atoms with Crippen molar-refractivity contribution < 1.29 is 0 Å². The van der Waals surface area contributed by atoms with Gasteiger partial charge in [0.1, 0.15) is 5.54 Å². The van der Waals surface area contributed by atoms with Gasteiger partial charge in [-0.15, -0.1) is 0 Å². The second-order valence-electron chi connectivity index (χ2n) is 7.98. The molecule has 146 valence electrons. The van der Waals surface area contributed by atoms with E-state index in [1.165, 1.54) is 16.7 Å². The van der Waals surface area contributed by atoms with Gasteiger partial charge in [0.15, 0.2) is 0 Å². The summed E-state index contributed by atoms with van der Waals surface area (Å²) in [5.41, 5.74) is 4.14. The minimum absolute atomic E-state index is 0.394. The molecule has 0 saturated heterocycles. The van der Waals surface area contributed by atoms with Gasteiger partial charge in [-0.05, 0) is 29.0 Å². The molecule has 3 nitrogen and oxygen atoms in total. The summed E-state index contributed by atoms with van der Waals surface area (Å²) in [4.78, 5) is 4.81. The van der Waals surface area contributed by atoms with Crippen LogP contribution in [-0.2, 0) is 5.54 Å². The maximum atomic E-state index is 9.05. The van der Waals surface area contributed by atoms with E-state index in [2.05, 4.69) is 108 Å². The van der Waals surface area contributed by atoms with Crippen LogP contribution in [-0.4, -0.2) is 9.55 Å². The minimum Gasteiger partial charge on any atom is -0.319 e. The molecule has 3 heteroatoms. The Morgan fingerprint density at radius 1 is 0.833 bits per heavy atom. The number of hydrogen-bond donors (Lipinski definition) is 0. The first kappa shape index (κ1) is 18.4. The monoisotopic (exact) mass is 389 g/mol. The molecule has 0 N–H and O–H groups in total. The standard InChI is InChI=1S/C27H23N3/c28-17-16-21-18-25(21)26-19-30(20-29-26)27(22-10-4-1-5-11-22,23-12-6-2-7-13-23)24-14-8-3-9-15-24/h1-15,19-21,25H,16,18H2. The van der Waals surface area contributed by atoms with Crippen molar-refractivity contribution in [1.29, 1.82) is 5.26 Å². The number of hydrogen-bond acceptors (Lipinski definition) is 2. The zero-order valence-corrected chi connectivity index (χ0v) is 16.7. The molecule has 0 radical (unpaired) electrons. The molecule has 1 aromatic heterocycles. The fraction of sp³-hybridized carbons (Fsp3) is 0.185. The molecule has 1 aliphatic carbocycles. The highest BCUT2D eigenvalue weighted by molar-refractivity contribution is 5.50. The molecule has 0 spiro atoms. The van der Waals surface area contributed by atoms with Crippen molar-refractivity contribution in [2.45, 2.75) is 24.3 Å². The maximum absolute atomic E-state index is 9.05. The van der Waals surface area contributed by atoms with E-state index in [9.17, 15) is 0 Å². The van der Waals surface area contributed by atoms with Crippen molar-refractivity contribution in [3.05, 3.63) is 126 Å². The Morgan fingerprint density at radius 2 is 1.33 bits per heavy atom. The van der Waals surface area contributed by atoms with Gasteiger partial charge in [-0.1, -0.05) is 91.0 Å². The van der Waals surface area contributed by atoms with Gasteiger partial charge in [0.05, 0.1) is 18.1 Å². The average Bonchev–Trinajstić information content (AvgIpc) is 3.41. The predicted molar refractivity (Wildman–Crippen MR) is 118 cm³/mol. The molecule has 0 aliphatic heterocycles. The van der Waals surface area contributed by atoms with E-state index in [-0.39, 0.29) is 0 Å². The van der Waals surface area contributed by atoms with Crippen molar-refractivity contribution in [2.24, 2.45) is 5.92 Å². The highest BCUT2D eigenvalue weighted by Gasteiger charge is 2.42. The smallest absolute Gasteiger partial charge is 0.121 e. The molecule has 2 unspecified atom stereocenters. The van der Waals surface area contributed by atoms with Crippen molar-refractivity contribution in [2.75, 3.05) is 0 Å². The number of nitriles is 1. The quantitative estimate of drug-likeness (QED) is 0.395. The third kappa shape index (κ3) is 3.02. The van der Waals surface area contributed by atoms with Gasteiger partial charge in [-0.25, -0.2) is 4.98 Å². The van der Waals surface area contributed by atoms with Crippen molar-refractivity contribution in [3.8, 4) is 6.07 Å². The number of benzene rings is 3. The fourth-order valence-corrected chi connectivity index (χ4v) is 4.65. The van der Waals surface area contributed by atoms with Crippen LogP contribution in [0.2, 0.25) is 0 Å². The molecule has 5 rings (SSSR count). The molecule has 0 bridgehead atoms. The van der Waals surface area contributed by atoms with E-state index < -0.39 is 5.54 Å². The second kappa shape index (κ2) is 7.65. The summed E-state index contributed by atoms with van der Waals surface area (Å²) in [7, 11) is 0. The Bertz CT molecular complexity index is 1060. The predicted octanol–water partition coefficient (Wildman–Crippen LogP) is 5.74. The lowest BCUT2D eigenvalue weighted by atomic mass is 9.77. The lowest BCUT2D eigenvalue weighted by Crippen LogP contribution is -2.36. The van der Waals surface area contributed by atoms with Crippen LogP contribution in [0.5, 0.6) is 0 Å². The molecule has 30 heavy (non-hydrogen) atoms. The van der Waals surface area contributed by atoms with Gasteiger partial charge in [-0.3, -0.25) is 0 Å². The van der Waals surface area contributed by atoms with E-state index >= 15 is 0 Å². The lowest BCUT2D eigenvalue weighted by molar-refractivity contribution is 0.514. The van der Waals surface area contributed by atoms with Gasteiger partial charge in [0.25, 0.3) is 0 Å². The molecule has 1 heterocycles. The van der Waals surface area contributed by atoms with Crippen LogP contribution in [0.3, 0.4) is 0 Å². The first-order valence-electron chi connectivity index (χ1n) is 10.4. The van der Waals surface area contributed by atoms with Crippen molar-refractivity contribution in [3.63, 3.8) is 0 Å². The molecule has 2 atom stereocenters. The Kier molecular flexibility index (Phi) is 4.69. The largest absolute Gasteiger partial charge is 0.319 e. The van der Waals surface area contributed by atoms with Crippen LogP contribution in [0.4, 0.5) is 0 Å². The molecule has 4 aromatic rings. The number of imidazole rings is 1. The van der Waals surface area contributed by atoms with Gasteiger partial charge >= 0.3 is 0 Å². The molecule has 1 saturated carbocycles. The third-order valence-electron chi connectivity index (χ3n) is 6.22. The summed E-state index contributed by atoms with van der Waals surface area (Å²) >= 11 is 0. The van der Waals surface area contributed by atoms with Crippen LogP contribution < -0.4 is 0 Å². The van der Waals surface area contributed by atoms with Crippen LogP contribution in [0, 0.1) is 17.2 Å². The van der Waals surface area contributed by atoms with E-state index in [1.54, 1.807) is 0 Å². The van der Waals surface area contributed by atoms with Crippen molar-refractivity contribution >= 4 is 0 Å². The molecular formula is C27H23N3. The third-order valence-corrected chi connectivity index (χ3v) is 6.22. The van der Waals surface area contributed by atoms with Gasteiger partial charge in [0.2, 0.25) is 0 Å². The maximum Gasteiger partial charge on any atom is 0.121 e. The van der Waals surface area contributed by atoms with Crippen molar-refractivity contribution in [1.82, 2.24) is 9.55 Å². The second-order valence-corrected chi connectivity index (χ2v) is 7.98. The van der Waals surface area contributed by atoms with Crippen LogP contribution in [0.15, 0.2) is 104 Å². The first-order chi connectivity index (χ1) is 14.8. The zero-order chi connectivity index (χ0) is 20.4. The Balaban J connectivity index is 1.73. The molecule has 3 aromatic carbocycles. The van der Waals surface area contributed by atoms with E-state index in [0.717, 1.165) is 12.1 Å². The molecule has 1 aliphatic rings. The summed E-state index contributed by atoms with van der Waals surface area (Å²) in [5, 5.41) is 9.05. The average molecular weight is 390 g/mol. The van der Waals surface area contributed by atoms with E-state index in [4.69, 9.17) is 10.2 Å².